The summed E-state index contributed by atoms with van der Waals surface area (Å²) in [5, 5.41) is 0. The van der Waals surface area contributed by atoms with E-state index in [1.807, 2.05) is 6.92 Å². The van der Waals surface area contributed by atoms with Gasteiger partial charge in [-0.15, -0.1) is 0 Å². The highest BCUT2D eigenvalue weighted by Gasteiger charge is 2.35. The van der Waals surface area contributed by atoms with Gasteiger partial charge in [0.25, 0.3) is 5.91 Å². The monoisotopic (exact) mass is 475 g/mol. The number of carbonyl (C=O) groups excluding carboxylic acids is 2. The lowest BCUT2D eigenvalue weighted by Crippen LogP contribution is -2.50. The number of hydrogen-bond donors (Lipinski definition) is 1. The van der Waals surface area contributed by atoms with Crippen LogP contribution in [0.15, 0.2) is 54.7 Å². The first kappa shape index (κ1) is 26.5. The van der Waals surface area contributed by atoms with Crippen LogP contribution in [-0.2, 0) is 26.3 Å². The minimum absolute atomic E-state index is 0.00370. The summed E-state index contributed by atoms with van der Waals surface area (Å²) in [5.41, 5.74) is 0.126. The lowest BCUT2D eigenvalue weighted by atomic mass is 10.0. The molecule has 1 aromatic carbocycles. The Morgan fingerprint density at radius 3 is 2.30 bits per heavy atom. The molecule has 2 aromatic rings. The second-order valence-corrected chi connectivity index (χ2v) is 10.3. The fourth-order valence-electron chi connectivity index (χ4n) is 3.31. The maximum atomic E-state index is 13.4. The predicted octanol–water partition coefficient (Wildman–Crippen LogP) is 3.85. The van der Waals surface area contributed by atoms with Crippen molar-refractivity contribution in [1.29, 1.82) is 0 Å². The molecule has 0 saturated carbocycles. The Hall–Kier alpha value is -2.78. The van der Waals surface area contributed by atoms with Crippen LogP contribution in [-0.4, -0.2) is 41.2 Å². The van der Waals surface area contributed by atoms with Crippen molar-refractivity contribution in [3.63, 3.8) is 0 Å². The molecular weight excluding hydrogens is 442 g/mol. The van der Waals surface area contributed by atoms with Crippen molar-refractivity contribution in [3.05, 3.63) is 66.0 Å². The Labute approximate surface area is 196 Å². The average molecular weight is 476 g/mol. The second kappa shape index (κ2) is 11.9. The van der Waals surface area contributed by atoms with E-state index in [1.165, 1.54) is 0 Å². The standard InChI is InChI=1S/C24H33N3O5S/c1-5-11-21(15-16-22(28)32-24(2,3)4)27(23(29)19-12-7-6-8-13-19)33(30,31)26-18-20-14-9-10-17-25-20/h6-10,12-14,17,21,26H,5,11,15-16,18H2,1-4H3. The minimum atomic E-state index is -4.23. The van der Waals surface area contributed by atoms with Gasteiger partial charge in [0.15, 0.2) is 0 Å². The molecule has 0 radical (unpaired) electrons. The molecule has 0 bridgehead atoms. The molecule has 0 fully saturated rings. The van der Waals surface area contributed by atoms with Crippen LogP contribution in [0.1, 0.15) is 69.4 Å². The molecule has 0 aliphatic heterocycles. The van der Waals surface area contributed by atoms with Crippen LogP contribution < -0.4 is 4.72 Å². The third-order valence-corrected chi connectivity index (χ3v) is 6.19. The first-order chi connectivity index (χ1) is 15.5. The Balaban J connectivity index is 2.31. The number of nitrogens with zero attached hydrogens (tertiary/aromatic N) is 2. The highest BCUT2D eigenvalue weighted by molar-refractivity contribution is 7.87. The highest BCUT2D eigenvalue weighted by Crippen LogP contribution is 2.22. The molecule has 0 spiro atoms. The Morgan fingerprint density at radius 1 is 1.06 bits per heavy atom. The van der Waals surface area contributed by atoms with Gasteiger partial charge in [0.2, 0.25) is 0 Å². The first-order valence-corrected chi connectivity index (χ1v) is 12.5. The minimum Gasteiger partial charge on any atom is -0.460 e. The molecule has 2 rings (SSSR count). The van der Waals surface area contributed by atoms with Gasteiger partial charge >= 0.3 is 16.2 Å². The van der Waals surface area contributed by atoms with E-state index in [1.54, 1.807) is 75.5 Å². The van der Waals surface area contributed by atoms with Crippen molar-refractivity contribution in [1.82, 2.24) is 14.0 Å². The van der Waals surface area contributed by atoms with E-state index in [9.17, 15) is 18.0 Å². The number of rotatable bonds is 11. The average Bonchev–Trinajstić information content (AvgIpc) is 2.76. The van der Waals surface area contributed by atoms with E-state index < -0.39 is 33.7 Å². The number of aromatic nitrogens is 1. The Morgan fingerprint density at radius 2 is 1.73 bits per heavy atom. The second-order valence-electron chi connectivity index (χ2n) is 8.68. The van der Waals surface area contributed by atoms with Crippen LogP contribution in [0.5, 0.6) is 0 Å². The molecule has 0 aliphatic rings. The summed E-state index contributed by atoms with van der Waals surface area (Å²) in [7, 11) is -4.23. The van der Waals surface area contributed by atoms with Gasteiger partial charge < -0.3 is 4.74 Å². The van der Waals surface area contributed by atoms with Gasteiger partial charge in [-0.05, 0) is 57.9 Å². The van der Waals surface area contributed by atoms with Gasteiger partial charge in [-0.2, -0.15) is 13.1 Å². The number of nitrogens with one attached hydrogen (secondary N) is 1. The number of carbonyl (C=O) groups is 2. The van der Waals surface area contributed by atoms with E-state index in [0.717, 1.165) is 4.31 Å². The molecule has 9 heteroatoms. The quantitative estimate of drug-likeness (QED) is 0.495. The fourth-order valence-corrected chi connectivity index (χ4v) is 4.70. The maximum absolute atomic E-state index is 13.4. The van der Waals surface area contributed by atoms with Gasteiger partial charge in [-0.25, -0.2) is 4.31 Å². The summed E-state index contributed by atoms with van der Waals surface area (Å²) in [6.45, 7) is 7.15. The van der Waals surface area contributed by atoms with Crippen LogP contribution in [0.25, 0.3) is 0 Å². The zero-order valence-corrected chi connectivity index (χ0v) is 20.5. The summed E-state index contributed by atoms with van der Waals surface area (Å²) in [6.07, 6.45) is 2.76. The Bertz CT molecular complexity index is 1010. The fraction of sp³-hybridized carbons (Fsp3) is 0.458. The SMILES string of the molecule is CCCC(CCC(=O)OC(C)(C)C)N(C(=O)c1ccccc1)S(=O)(=O)NCc1ccccn1. The maximum Gasteiger partial charge on any atom is 0.306 e. The van der Waals surface area contributed by atoms with Gasteiger partial charge in [0.1, 0.15) is 5.60 Å². The lowest BCUT2D eigenvalue weighted by Gasteiger charge is -2.31. The topological polar surface area (TPSA) is 106 Å². The van der Waals surface area contributed by atoms with Gasteiger partial charge in [-0.1, -0.05) is 37.6 Å². The third kappa shape index (κ3) is 8.58. The molecule has 1 N–H and O–H groups in total. The number of hydrogen-bond acceptors (Lipinski definition) is 6. The molecular formula is C24H33N3O5S. The molecule has 180 valence electrons. The van der Waals surface area contributed by atoms with Crippen molar-refractivity contribution in [2.24, 2.45) is 0 Å². The Kier molecular flexibility index (Phi) is 9.55. The zero-order chi connectivity index (χ0) is 24.5. The molecule has 1 amide bonds. The van der Waals surface area contributed by atoms with Crippen LogP contribution in [0.4, 0.5) is 0 Å². The number of amides is 1. The molecule has 33 heavy (non-hydrogen) atoms. The molecule has 1 aromatic heterocycles. The lowest BCUT2D eigenvalue weighted by molar-refractivity contribution is -0.155. The summed E-state index contributed by atoms with van der Waals surface area (Å²) in [4.78, 5) is 29.8. The molecule has 8 nitrogen and oxygen atoms in total. The molecule has 1 heterocycles. The predicted molar refractivity (Wildman–Crippen MR) is 126 cm³/mol. The van der Waals surface area contributed by atoms with E-state index in [-0.39, 0.29) is 24.9 Å². The number of ether oxygens (including phenoxy) is 1. The molecule has 1 unspecified atom stereocenters. The van der Waals surface area contributed by atoms with Crippen molar-refractivity contribution < 1.29 is 22.7 Å². The summed E-state index contributed by atoms with van der Waals surface area (Å²) in [5.74, 6) is -1.08. The van der Waals surface area contributed by atoms with E-state index in [0.29, 0.717) is 18.5 Å². The molecule has 0 saturated heterocycles. The van der Waals surface area contributed by atoms with E-state index in [4.69, 9.17) is 4.74 Å². The van der Waals surface area contributed by atoms with Crippen molar-refractivity contribution in [3.8, 4) is 0 Å². The van der Waals surface area contributed by atoms with Crippen LogP contribution in [0.2, 0.25) is 0 Å². The summed E-state index contributed by atoms with van der Waals surface area (Å²) < 4.78 is 35.4. The molecule has 1 atom stereocenters. The van der Waals surface area contributed by atoms with Gasteiger partial charge in [0.05, 0.1) is 18.3 Å². The van der Waals surface area contributed by atoms with Crippen molar-refractivity contribution >= 4 is 22.1 Å². The first-order valence-electron chi connectivity index (χ1n) is 11.0. The number of pyridine rings is 1. The summed E-state index contributed by atoms with van der Waals surface area (Å²) >= 11 is 0. The van der Waals surface area contributed by atoms with Gasteiger partial charge in [0, 0.05) is 18.2 Å². The highest BCUT2D eigenvalue weighted by atomic mass is 32.2. The van der Waals surface area contributed by atoms with Crippen molar-refractivity contribution in [2.75, 3.05) is 0 Å². The van der Waals surface area contributed by atoms with E-state index >= 15 is 0 Å². The zero-order valence-electron chi connectivity index (χ0n) is 19.7. The smallest absolute Gasteiger partial charge is 0.306 e. The van der Waals surface area contributed by atoms with Gasteiger partial charge in [-0.3, -0.25) is 14.6 Å². The molecule has 0 aliphatic carbocycles. The van der Waals surface area contributed by atoms with Crippen LogP contribution >= 0.6 is 0 Å². The third-order valence-electron chi connectivity index (χ3n) is 4.70. The van der Waals surface area contributed by atoms with Crippen molar-refractivity contribution in [2.45, 2.75) is 71.6 Å². The van der Waals surface area contributed by atoms with Crippen LogP contribution in [0, 0.1) is 0 Å². The van der Waals surface area contributed by atoms with Crippen LogP contribution in [0.3, 0.4) is 0 Å². The normalized spacial score (nSPS) is 12.7. The number of benzene rings is 1. The van der Waals surface area contributed by atoms with E-state index in [2.05, 4.69) is 9.71 Å². The number of esters is 1. The summed E-state index contributed by atoms with van der Waals surface area (Å²) in [6, 6.07) is 12.7. The largest absolute Gasteiger partial charge is 0.460 e.